The molecular weight excluding hydrogens is 450 g/mol. The second kappa shape index (κ2) is 10.2. The van der Waals surface area contributed by atoms with E-state index in [0.717, 1.165) is 5.56 Å². The molecule has 1 saturated heterocycles. The number of halogens is 4. The van der Waals surface area contributed by atoms with Gasteiger partial charge in [0.25, 0.3) is 0 Å². The number of aliphatic imine (C=N–C) groups is 1. The molecule has 1 aliphatic rings. The topological polar surface area (TPSA) is 54.7 Å². The number of rotatable bonds is 5. The van der Waals surface area contributed by atoms with Crippen LogP contribution in [0.25, 0.3) is 0 Å². The number of aryl methyl sites for hydroxylation is 1. The van der Waals surface area contributed by atoms with Gasteiger partial charge in [0, 0.05) is 45.4 Å². The minimum Gasteiger partial charge on any atom is -0.370 e. The fourth-order valence-electron chi connectivity index (χ4n) is 2.63. The van der Waals surface area contributed by atoms with Gasteiger partial charge in [-0.3, -0.25) is 9.67 Å². The van der Waals surface area contributed by atoms with Crippen molar-refractivity contribution in [1.29, 1.82) is 0 Å². The van der Waals surface area contributed by atoms with Crippen LogP contribution in [0.1, 0.15) is 30.9 Å². The van der Waals surface area contributed by atoms with Crippen LogP contribution in [-0.2, 0) is 11.8 Å². The average Bonchev–Trinajstić information content (AvgIpc) is 2.96. The SMILES string of the molecule is CN=C(NCCCCC(F)(F)F)N1CCOC(c2cnn(C)c2)C1.I. The zero-order valence-electron chi connectivity index (χ0n) is 14.4. The Morgan fingerprint density at radius 2 is 2.20 bits per heavy atom. The molecule has 0 amide bonds. The minimum atomic E-state index is -4.08. The summed E-state index contributed by atoms with van der Waals surface area (Å²) in [6, 6.07) is 0. The number of alkyl halides is 3. The molecule has 0 radical (unpaired) electrons. The Morgan fingerprint density at radius 1 is 1.44 bits per heavy atom. The Labute approximate surface area is 162 Å². The van der Waals surface area contributed by atoms with Gasteiger partial charge < -0.3 is 15.0 Å². The Kier molecular flexibility index (Phi) is 8.97. The first-order chi connectivity index (χ1) is 11.4. The summed E-state index contributed by atoms with van der Waals surface area (Å²) in [6.45, 7) is 2.36. The summed E-state index contributed by atoms with van der Waals surface area (Å²) in [5.74, 6) is 0.694. The molecule has 1 aromatic rings. The van der Waals surface area contributed by atoms with Gasteiger partial charge in [-0.05, 0) is 12.8 Å². The van der Waals surface area contributed by atoms with Crippen LogP contribution in [0, 0.1) is 0 Å². The van der Waals surface area contributed by atoms with Crippen molar-refractivity contribution in [2.24, 2.45) is 12.0 Å². The van der Waals surface area contributed by atoms with Gasteiger partial charge in [0.2, 0.25) is 0 Å². The highest BCUT2D eigenvalue weighted by atomic mass is 127. The Balaban J connectivity index is 0.00000312. The Morgan fingerprint density at radius 3 is 2.80 bits per heavy atom. The van der Waals surface area contributed by atoms with Gasteiger partial charge in [-0.1, -0.05) is 0 Å². The quantitative estimate of drug-likeness (QED) is 0.308. The number of nitrogens with one attached hydrogen (secondary N) is 1. The third-order valence-electron chi connectivity index (χ3n) is 3.84. The smallest absolute Gasteiger partial charge is 0.370 e. The number of hydrogen-bond acceptors (Lipinski definition) is 3. The van der Waals surface area contributed by atoms with Crippen LogP contribution in [0.4, 0.5) is 13.2 Å². The predicted octanol–water partition coefficient (Wildman–Crippen LogP) is 2.72. The molecule has 0 aliphatic carbocycles. The minimum absolute atomic E-state index is 0. The fourth-order valence-corrected chi connectivity index (χ4v) is 2.63. The highest BCUT2D eigenvalue weighted by Crippen LogP contribution is 2.22. The van der Waals surface area contributed by atoms with Crippen molar-refractivity contribution in [2.75, 3.05) is 33.3 Å². The van der Waals surface area contributed by atoms with E-state index in [1.54, 1.807) is 17.9 Å². The van der Waals surface area contributed by atoms with Crippen LogP contribution in [0.15, 0.2) is 17.4 Å². The molecule has 1 aromatic heterocycles. The lowest BCUT2D eigenvalue weighted by atomic mass is 10.1. The van der Waals surface area contributed by atoms with Crippen molar-refractivity contribution in [1.82, 2.24) is 20.0 Å². The Bertz CT molecular complexity index is 550. The molecule has 144 valence electrons. The normalized spacial score (nSPS) is 18.8. The maximum absolute atomic E-state index is 12.1. The zero-order valence-corrected chi connectivity index (χ0v) is 16.8. The molecule has 2 heterocycles. The molecule has 1 atom stereocenters. The maximum atomic E-state index is 12.1. The average molecular weight is 475 g/mol. The summed E-state index contributed by atoms with van der Waals surface area (Å²) in [5, 5.41) is 7.29. The van der Waals surface area contributed by atoms with E-state index in [2.05, 4.69) is 20.3 Å². The standard InChI is InChI=1S/C15H24F3N5O.HI/c1-19-14(20-6-4-3-5-15(16,17)18)23-7-8-24-13(11-23)12-9-21-22(2)10-12;/h9-10,13H,3-8,11H2,1-2H3,(H,19,20);1H. The summed E-state index contributed by atoms with van der Waals surface area (Å²) in [6.07, 6.45) is -0.639. The second-order valence-electron chi connectivity index (χ2n) is 5.80. The summed E-state index contributed by atoms with van der Waals surface area (Å²) < 4.78 is 43.9. The number of aromatic nitrogens is 2. The number of morpholine rings is 1. The maximum Gasteiger partial charge on any atom is 0.389 e. The van der Waals surface area contributed by atoms with Crippen LogP contribution >= 0.6 is 24.0 Å². The van der Waals surface area contributed by atoms with Crippen LogP contribution in [-0.4, -0.2) is 60.1 Å². The lowest BCUT2D eigenvalue weighted by Gasteiger charge is -2.34. The number of nitrogens with zero attached hydrogens (tertiary/aromatic N) is 4. The van der Waals surface area contributed by atoms with Crippen LogP contribution < -0.4 is 5.32 Å². The van der Waals surface area contributed by atoms with E-state index < -0.39 is 12.6 Å². The summed E-state index contributed by atoms with van der Waals surface area (Å²) in [7, 11) is 3.53. The molecule has 0 saturated carbocycles. The first-order valence-electron chi connectivity index (χ1n) is 8.01. The number of guanidine groups is 1. The lowest BCUT2D eigenvalue weighted by molar-refractivity contribution is -0.135. The van der Waals surface area contributed by atoms with Gasteiger partial charge in [0.15, 0.2) is 5.96 Å². The van der Waals surface area contributed by atoms with E-state index in [4.69, 9.17) is 4.74 Å². The summed E-state index contributed by atoms with van der Waals surface area (Å²) in [5.41, 5.74) is 1.00. The molecular formula is C15H25F3IN5O. The third-order valence-corrected chi connectivity index (χ3v) is 3.84. The molecule has 25 heavy (non-hydrogen) atoms. The van der Waals surface area contributed by atoms with Crippen molar-refractivity contribution < 1.29 is 17.9 Å². The van der Waals surface area contributed by atoms with Crippen molar-refractivity contribution >= 4 is 29.9 Å². The van der Waals surface area contributed by atoms with Crippen molar-refractivity contribution in [3.05, 3.63) is 18.0 Å². The highest BCUT2D eigenvalue weighted by Gasteiger charge is 2.26. The van der Waals surface area contributed by atoms with Crippen molar-refractivity contribution in [2.45, 2.75) is 31.5 Å². The largest absolute Gasteiger partial charge is 0.389 e. The predicted molar refractivity (Wildman–Crippen MR) is 100 cm³/mol. The molecule has 1 fully saturated rings. The molecule has 1 N–H and O–H groups in total. The van der Waals surface area contributed by atoms with Gasteiger partial charge in [0.1, 0.15) is 6.10 Å². The number of unbranched alkanes of at least 4 members (excludes halogenated alkanes) is 1. The first kappa shape index (κ1) is 22.0. The number of ether oxygens (including phenoxy) is 1. The van der Waals surface area contributed by atoms with Gasteiger partial charge in [-0.2, -0.15) is 18.3 Å². The Hall–Kier alpha value is -1.04. The zero-order chi connectivity index (χ0) is 17.6. The van der Waals surface area contributed by atoms with Gasteiger partial charge in [-0.25, -0.2) is 0 Å². The molecule has 0 aromatic carbocycles. The van der Waals surface area contributed by atoms with Crippen LogP contribution in [0.3, 0.4) is 0 Å². The van der Waals surface area contributed by atoms with Gasteiger partial charge in [-0.15, -0.1) is 24.0 Å². The molecule has 2 rings (SSSR count). The molecule has 0 bridgehead atoms. The van der Waals surface area contributed by atoms with E-state index in [1.807, 2.05) is 13.2 Å². The third kappa shape index (κ3) is 7.38. The van der Waals surface area contributed by atoms with Crippen LogP contribution in [0.5, 0.6) is 0 Å². The van der Waals surface area contributed by atoms with E-state index in [-0.39, 0.29) is 36.5 Å². The second-order valence-corrected chi connectivity index (χ2v) is 5.80. The molecule has 0 spiro atoms. The van der Waals surface area contributed by atoms with Crippen molar-refractivity contribution in [3.63, 3.8) is 0 Å². The molecule has 6 nitrogen and oxygen atoms in total. The molecule has 1 unspecified atom stereocenters. The van der Waals surface area contributed by atoms with E-state index in [0.29, 0.717) is 38.6 Å². The van der Waals surface area contributed by atoms with Crippen molar-refractivity contribution in [3.8, 4) is 0 Å². The number of hydrogen-bond donors (Lipinski definition) is 1. The highest BCUT2D eigenvalue weighted by molar-refractivity contribution is 14.0. The molecule has 1 aliphatic heterocycles. The van der Waals surface area contributed by atoms with E-state index in [9.17, 15) is 13.2 Å². The molecule has 10 heteroatoms. The van der Waals surface area contributed by atoms with Crippen LogP contribution in [0.2, 0.25) is 0 Å². The first-order valence-corrected chi connectivity index (χ1v) is 8.01. The lowest BCUT2D eigenvalue weighted by Crippen LogP contribution is -2.48. The summed E-state index contributed by atoms with van der Waals surface area (Å²) in [4.78, 5) is 6.28. The van der Waals surface area contributed by atoms with Gasteiger partial charge >= 0.3 is 6.18 Å². The van der Waals surface area contributed by atoms with E-state index >= 15 is 0 Å². The fraction of sp³-hybridized carbons (Fsp3) is 0.733. The van der Waals surface area contributed by atoms with E-state index in [1.165, 1.54) is 0 Å². The monoisotopic (exact) mass is 475 g/mol. The van der Waals surface area contributed by atoms with Gasteiger partial charge in [0.05, 0.1) is 19.3 Å². The summed E-state index contributed by atoms with van der Waals surface area (Å²) >= 11 is 0.